The van der Waals surface area contributed by atoms with E-state index in [-0.39, 0.29) is 46.5 Å². The van der Waals surface area contributed by atoms with Gasteiger partial charge in [-0.05, 0) is 68.6 Å². The molecule has 4 bridgehead atoms. The molecule has 1 aromatic heterocycles. The number of fused-ring (bicyclic) bond motifs is 2. The molecular weight excluding hydrogens is 623 g/mol. The quantitative estimate of drug-likeness (QED) is 0.309. The second-order valence-electron chi connectivity index (χ2n) is 13.2. The normalized spacial score (nSPS) is 33.6. The van der Waals surface area contributed by atoms with E-state index in [0.717, 1.165) is 50.9 Å². The summed E-state index contributed by atoms with van der Waals surface area (Å²) in [6, 6.07) is 1.86. The van der Waals surface area contributed by atoms with Gasteiger partial charge < -0.3 is 25.4 Å². The van der Waals surface area contributed by atoms with Gasteiger partial charge in [0, 0.05) is 35.9 Å². The molecule has 0 spiro atoms. The van der Waals surface area contributed by atoms with Crippen molar-refractivity contribution in [1.29, 1.82) is 0 Å². The molecule has 45 heavy (non-hydrogen) atoms. The van der Waals surface area contributed by atoms with Crippen molar-refractivity contribution in [3.05, 3.63) is 36.2 Å². The first-order chi connectivity index (χ1) is 21.1. The number of anilines is 2. The Morgan fingerprint density at radius 3 is 2.44 bits per heavy atom. The van der Waals surface area contributed by atoms with Crippen LogP contribution in [-0.2, 0) is 9.53 Å². The van der Waals surface area contributed by atoms with Crippen molar-refractivity contribution in [2.24, 2.45) is 17.8 Å². The molecule has 6 fully saturated rings. The molecule has 0 unspecified atom stereocenters. The van der Waals surface area contributed by atoms with Crippen molar-refractivity contribution < 1.29 is 38.5 Å². The van der Waals surface area contributed by atoms with Crippen molar-refractivity contribution in [2.75, 3.05) is 44.0 Å². The number of morpholine rings is 1. The monoisotopic (exact) mass is 658 g/mol. The minimum atomic E-state index is -9.94. The lowest BCUT2D eigenvalue weighted by Gasteiger charge is -2.74. The van der Waals surface area contributed by atoms with E-state index < -0.39 is 44.6 Å². The number of nitrogens with zero attached hydrogens (tertiary/aromatic N) is 3. The van der Waals surface area contributed by atoms with E-state index in [1.807, 2.05) is 0 Å². The highest BCUT2D eigenvalue weighted by Gasteiger charge is 2.70. The van der Waals surface area contributed by atoms with Gasteiger partial charge in [-0.3, -0.25) is 14.5 Å². The summed E-state index contributed by atoms with van der Waals surface area (Å²) in [5, 5.41) is 8.86. The van der Waals surface area contributed by atoms with Crippen LogP contribution in [0.4, 0.5) is 30.9 Å². The predicted molar refractivity (Wildman–Crippen MR) is 156 cm³/mol. The van der Waals surface area contributed by atoms with Crippen molar-refractivity contribution in [3.63, 3.8) is 0 Å². The SMILES string of the molecule is COc1ncnc(NC23CC(N4CCOCC4)(C2)C3)c1C(=O)N[C@@H]1[C@H]2CC[C@H](C2)[C@@H]1C(=O)Nc1cccc(S(F)(F)(F)(F)F)c1. The standard InChI is InChI=1S/C29H35F5N6O4S/c1-43-27-22(24(35-16-36-27)39-28-13-29(14-28,15-28)40-7-9-44-10-8-40)26(42)38-23-18-6-5-17(11-18)21(23)25(41)37-19-3-2-4-20(12-19)45(30,31,32,33)34/h2-4,12,16-18,21,23H,5-11,13-15H2,1H3,(H,37,41)(H,38,42)(H,35,36,39)/t17-,18+,21+,23-,28?,29?/m1/s1. The number of hydrogen-bond donors (Lipinski definition) is 3. The maximum Gasteiger partial charge on any atom is 0.310 e. The van der Waals surface area contributed by atoms with Gasteiger partial charge in [0.2, 0.25) is 11.8 Å². The Morgan fingerprint density at radius 1 is 1.04 bits per heavy atom. The molecule has 2 aromatic rings. The molecule has 0 radical (unpaired) electrons. The molecular formula is C29H35F5N6O4S. The van der Waals surface area contributed by atoms with Gasteiger partial charge in [0.25, 0.3) is 5.91 Å². The minimum absolute atomic E-state index is 0.0382. The van der Waals surface area contributed by atoms with Crippen molar-refractivity contribution in [2.45, 2.75) is 60.5 Å². The first-order valence-corrected chi connectivity index (χ1v) is 17.0. The molecule has 8 rings (SSSR count). The third-order valence-corrected chi connectivity index (χ3v) is 11.5. The first-order valence-electron chi connectivity index (χ1n) is 15.0. The number of rotatable bonds is 9. The number of halogens is 5. The predicted octanol–water partition coefficient (Wildman–Crippen LogP) is 5.35. The number of aromatic nitrogens is 2. The summed E-state index contributed by atoms with van der Waals surface area (Å²) in [6.07, 6.45) is 6.16. The molecule has 6 aliphatic rings. The molecule has 1 aromatic carbocycles. The van der Waals surface area contributed by atoms with Crippen LogP contribution < -0.4 is 20.7 Å². The Balaban J connectivity index is 1.08. The van der Waals surface area contributed by atoms with Crippen LogP contribution in [0.1, 0.15) is 48.9 Å². The van der Waals surface area contributed by atoms with Crippen LogP contribution in [0.2, 0.25) is 0 Å². The number of methoxy groups -OCH3 is 1. The molecule has 4 atom stereocenters. The zero-order valence-corrected chi connectivity index (χ0v) is 25.4. The third-order valence-electron chi connectivity index (χ3n) is 10.4. The molecule has 246 valence electrons. The number of carbonyl (C=O) groups is 2. The highest BCUT2D eigenvalue weighted by atomic mass is 32.5. The Morgan fingerprint density at radius 2 is 1.76 bits per heavy atom. The van der Waals surface area contributed by atoms with Crippen LogP contribution in [0.5, 0.6) is 5.88 Å². The zero-order valence-electron chi connectivity index (χ0n) is 24.5. The lowest BCUT2D eigenvalue weighted by Crippen LogP contribution is -2.82. The Labute approximate surface area is 256 Å². The minimum Gasteiger partial charge on any atom is -0.480 e. The maximum atomic E-state index is 13.9. The smallest absolute Gasteiger partial charge is 0.310 e. The van der Waals surface area contributed by atoms with E-state index >= 15 is 0 Å². The number of hydrogen-bond acceptors (Lipinski definition) is 8. The second-order valence-corrected chi connectivity index (χ2v) is 15.6. The number of benzene rings is 1. The summed E-state index contributed by atoms with van der Waals surface area (Å²) in [5.41, 5.74) is -0.352. The van der Waals surface area contributed by atoms with E-state index in [9.17, 15) is 29.0 Å². The fourth-order valence-electron chi connectivity index (χ4n) is 8.45. The van der Waals surface area contributed by atoms with Gasteiger partial charge in [0.15, 0.2) is 0 Å². The fourth-order valence-corrected chi connectivity index (χ4v) is 9.14. The summed E-state index contributed by atoms with van der Waals surface area (Å²) in [4.78, 5) is 36.2. The number of amides is 2. The average Bonchev–Trinajstić information content (AvgIpc) is 3.55. The molecule has 3 N–H and O–H groups in total. The van der Waals surface area contributed by atoms with Gasteiger partial charge in [-0.1, -0.05) is 25.5 Å². The molecule has 2 amide bonds. The fraction of sp³-hybridized carbons (Fsp3) is 0.586. The highest BCUT2D eigenvalue weighted by molar-refractivity contribution is 8.45. The summed E-state index contributed by atoms with van der Waals surface area (Å²) in [6.45, 7) is 3.22. The van der Waals surface area contributed by atoms with Gasteiger partial charge in [0.05, 0.1) is 26.2 Å². The van der Waals surface area contributed by atoms with Crippen LogP contribution in [0.15, 0.2) is 35.5 Å². The summed E-state index contributed by atoms with van der Waals surface area (Å²) >= 11 is 0. The molecule has 5 saturated carbocycles. The topological polar surface area (TPSA) is 118 Å². The lowest BCUT2D eigenvalue weighted by atomic mass is 9.43. The van der Waals surface area contributed by atoms with Crippen molar-refractivity contribution >= 4 is 33.5 Å². The van der Waals surface area contributed by atoms with Crippen molar-refractivity contribution in [1.82, 2.24) is 20.2 Å². The van der Waals surface area contributed by atoms with Gasteiger partial charge in [-0.2, -0.15) is 0 Å². The van der Waals surface area contributed by atoms with Crippen LogP contribution in [0.3, 0.4) is 0 Å². The maximum absolute atomic E-state index is 13.9. The van der Waals surface area contributed by atoms with Gasteiger partial charge in [-0.25, -0.2) is 9.97 Å². The van der Waals surface area contributed by atoms with E-state index in [0.29, 0.717) is 31.9 Å². The van der Waals surface area contributed by atoms with E-state index in [1.165, 1.54) is 13.4 Å². The Bertz CT molecular complexity index is 1540. The van der Waals surface area contributed by atoms with E-state index in [1.54, 1.807) is 0 Å². The highest BCUT2D eigenvalue weighted by Crippen LogP contribution is 3.02. The number of nitrogens with one attached hydrogen (secondary N) is 3. The van der Waals surface area contributed by atoms with Gasteiger partial charge in [-0.15, -0.1) is 0 Å². The largest absolute Gasteiger partial charge is 0.480 e. The van der Waals surface area contributed by atoms with E-state index in [4.69, 9.17) is 9.47 Å². The van der Waals surface area contributed by atoms with Gasteiger partial charge >= 0.3 is 10.2 Å². The average molecular weight is 659 g/mol. The summed E-state index contributed by atoms with van der Waals surface area (Å²) < 4.78 is 77.9. The van der Waals surface area contributed by atoms with Crippen molar-refractivity contribution in [3.8, 4) is 5.88 Å². The molecule has 1 aliphatic heterocycles. The Kier molecular flexibility index (Phi) is 6.52. The molecule has 2 heterocycles. The lowest BCUT2D eigenvalue weighted by molar-refractivity contribution is -0.172. The molecule has 1 saturated heterocycles. The third kappa shape index (κ3) is 5.37. The Hall–Kier alpha value is -3.24. The summed E-state index contributed by atoms with van der Waals surface area (Å²) in [7, 11) is -8.54. The van der Waals surface area contributed by atoms with Crippen LogP contribution in [0, 0.1) is 17.8 Å². The number of carbonyl (C=O) groups excluding carboxylic acids is 2. The zero-order chi connectivity index (χ0) is 31.9. The molecule has 5 aliphatic carbocycles. The second kappa shape index (κ2) is 9.64. The number of ether oxygens (including phenoxy) is 2. The molecule has 16 heteroatoms. The van der Waals surface area contributed by atoms with Crippen LogP contribution in [-0.4, -0.2) is 77.2 Å². The first kappa shape index (κ1) is 30.4. The van der Waals surface area contributed by atoms with E-state index in [2.05, 4.69) is 30.8 Å². The van der Waals surface area contributed by atoms with Crippen LogP contribution in [0.25, 0.3) is 0 Å². The molecule has 10 nitrogen and oxygen atoms in total. The summed E-state index contributed by atoms with van der Waals surface area (Å²) in [5.74, 6) is -1.71. The van der Waals surface area contributed by atoms with Crippen LogP contribution >= 0.6 is 10.2 Å². The van der Waals surface area contributed by atoms with Gasteiger partial charge in [0.1, 0.15) is 22.6 Å².